The number of aromatic nitrogens is 1. The molecule has 1 saturated heterocycles. The number of carbonyl (C=O) groups is 1. The highest BCUT2D eigenvalue weighted by atomic mass is 32.2. The molecule has 0 aliphatic carbocycles. The third-order valence-electron chi connectivity index (χ3n) is 5.83. The summed E-state index contributed by atoms with van der Waals surface area (Å²) < 4.78 is 34.5. The average molecular weight is 458 g/mol. The van der Waals surface area contributed by atoms with Gasteiger partial charge in [0.25, 0.3) is 0 Å². The minimum atomic E-state index is -3.71. The number of para-hydroxylation sites is 1. The molecule has 0 radical (unpaired) electrons. The first-order valence-corrected chi connectivity index (χ1v) is 12.3. The molecule has 1 fully saturated rings. The van der Waals surface area contributed by atoms with Crippen LogP contribution in [0.5, 0.6) is 0 Å². The number of oxazole rings is 1. The smallest absolute Gasteiger partial charge is 0.408 e. The summed E-state index contributed by atoms with van der Waals surface area (Å²) in [6.07, 6.45) is 2.37. The molecule has 8 nitrogen and oxygen atoms in total. The van der Waals surface area contributed by atoms with Gasteiger partial charge in [0.15, 0.2) is 5.58 Å². The number of rotatable bonds is 7. The van der Waals surface area contributed by atoms with Crippen LogP contribution in [0.1, 0.15) is 32.6 Å². The van der Waals surface area contributed by atoms with Crippen LogP contribution in [0.4, 0.5) is 5.69 Å². The van der Waals surface area contributed by atoms with E-state index in [1.54, 1.807) is 6.07 Å². The van der Waals surface area contributed by atoms with Crippen LogP contribution in [-0.2, 0) is 21.4 Å². The van der Waals surface area contributed by atoms with E-state index in [1.165, 1.54) is 21.0 Å². The van der Waals surface area contributed by atoms with Gasteiger partial charge in [0.05, 0.1) is 10.4 Å². The number of anilines is 1. The van der Waals surface area contributed by atoms with E-state index in [-0.39, 0.29) is 22.3 Å². The van der Waals surface area contributed by atoms with E-state index in [9.17, 15) is 18.0 Å². The van der Waals surface area contributed by atoms with Crippen molar-refractivity contribution in [1.29, 1.82) is 0 Å². The maximum atomic E-state index is 13.1. The molecule has 9 heteroatoms. The molecule has 2 aromatic carbocycles. The van der Waals surface area contributed by atoms with E-state index in [2.05, 4.69) is 5.32 Å². The summed E-state index contributed by atoms with van der Waals surface area (Å²) in [6.45, 7) is 3.18. The zero-order valence-corrected chi connectivity index (χ0v) is 18.8. The van der Waals surface area contributed by atoms with Gasteiger partial charge in [-0.1, -0.05) is 25.1 Å². The Morgan fingerprint density at radius 2 is 1.84 bits per heavy atom. The van der Waals surface area contributed by atoms with E-state index >= 15 is 0 Å². The molecule has 1 amide bonds. The number of aryl methyl sites for hydroxylation is 1. The van der Waals surface area contributed by atoms with Gasteiger partial charge in [0.1, 0.15) is 0 Å². The number of hydrogen-bond acceptors (Lipinski definition) is 5. The standard InChI is InChI=1S/C23H27N3O5S/c1-2-12-26-20-9-8-19(16-21(20)31-23(26)28)32(29,30)25-13-10-17(11-14-25)15-22(27)24-18-6-4-3-5-7-18/h3-9,16-17H,2,10-15H2,1H3,(H,24,27). The fourth-order valence-electron chi connectivity index (χ4n) is 4.14. The first-order chi connectivity index (χ1) is 15.4. The Morgan fingerprint density at radius 3 is 2.53 bits per heavy atom. The molecule has 32 heavy (non-hydrogen) atoms. The first kappa shape index (κ1) is 22.3. The molecule has 0 spiro atoms. The minimum absolute atomic E-state index is 0.0606. The fraction of sp³-hybridized carbons (Fsp3) is 0.391. The monoisotopic (exact) mass is 457 g/mol. The van der Waals surface area contributed by atoms with Crippen molar-refractivity contribution in [3.63, 3.8) is 0 Å². The molecule has 1 N–H and O–H groups in total. The summed E-state index contributed by atoms with van der Waals surface area (Å²) >= 11 is 0. The van der Waals surface area contributed by atoms with Gasteiger partial charge in [0.2, 0.25) is 15.9 Å². The molecule has 3 aromatic rings. The highest BCUT2D eigenvalue weighted by molar-refractivity contribution is 7.89. The van der Waals surface area contributed by atoms with Crippen LogP contribution in [0.2, 0.25) is 0 Å². The van der Waals surface area contributed by atoms with Crippen LogP contribution >= 0.6 is 0 Å². The summed E-state index contributed by atoms with van der Waals surface area (Å²) in [4.78, 5) is 24.4. The van der Waals surface area contributed by atoms with Gasteiger partial charge in [-0.05, 0) is 49.4 Å². The number of nitrogens with zero attached hydrogens (tertiary/aromatic N) is 2. The van der Waals surface area contributed by atoms with Crippen LogP contribution in [0.15, 0.2) is 62.6 Å². The highest BCUT2D eigenvalue weighted by Gasteiger charge is 2.30. The number of fused-ring (bicyclic) bond motifs is 1. The number of sulfonamides is 1. The van der Waals surface area contributed by atoms with Crippen molar-refractivity contribution in [3.05, 3.63) is 59.1 Å². The van der Waals surface area contributed by atoms with E-state index in [0.717, 1.165) is 12.1 Å². The van der Waals surface area contributed by atoms with Crippen molar-refractivity contribution >= 4 is 32.7 Å². The average Bonchev–Trinajstić information content (AvgIpc) is 3.09. The maximum absolute atomic E-state index is 13.1. The summed E-state index contributed by atoms with van der Waals surface area (Å²) in [5.41, 5.74) is 1.63. The lowest BCUT2D eigenvalue weighted by atomic mass is 9.94. The Hall–Kier alpha value is -2.91. The molecular weight excluding hydrogens is 430 g/mol. The summed E-state index contributed by atoms with van der Waals surface area (Å²) in [7, 11) is -3.71. The third-order valence-corrected chi connectivity index (χ3v) is 7.72. The lowest BCUT2D eigenvalue weighted by molar-refractivity contribution is -0.117. The number of piperidine rings is 1. The summed E-state index contributed by atoms with van der Waals surface area (Å²) in [5.74, 6) is -0.408. The highest BCUT2D eigenvalue weighted by Crippen LogP contribution is 2.27. The quantitative estimate of drug-likeness (QED) is 0.586. The number of carbonyl (C=O) groups excluding carboxylic acids is 1. The molecule has 1 aliphatic rings. The van der Waals surface area contributed by atoms with Crippen molar-refractivity contribution < 1.29 is 17.6 Å². The first-order valence-electron chi connectivity index (χ1n) is 10.9. The third kappa shape index (κ3) is 4.63. The fourth-order valence-corrected chi connectivity index (χ4v) is 5.63. The number of benzene rings is 2. The van der Waals surface area contributed by atoms with E-state index < -0.39 is 15.8 Å². The SMILES string of the molecule is CCCn1c(=O)oc2cc(S(=O)(=O)N3CCC(CC(=O)Nc4ccccc4)CC3)ccc21. The Labute approximate surface area is 186 Å². The van der Waals surface area contributed by atoms with Crippen molar-refractivity contribution in [3.8, 4) is 0 Å². The van der Waals surface area contributed by atoms with Crippen LogP contribution in [-0.4, -0.2) is 36.3 Å². The summed E-state index contributed by atoms with van der Waals surface area (Å²) in [6, 6.07) is 13.9. The Balaban J connectivity index is 1.40. The van der Waals surface area contributed by atoms with Crippen molar-refractivity contribution in [2.24, 2.45) is 5.92 Å². The molecule has 1 aliphatic heterocycles. The molecule has 0 unspecified atom stereocenters. The molecule has 0 atom stereocenters. The second kappa shape index (κ2) is 9.30. The van der Waals surface area contributed by atoms with E-state index in [1.807, 2.05) is 37.3 Å². The van der Waals surface area contributed by atoms with Crippen LogP contribution in [0.25, 0.3) is 11.1 Å². The maximum Gasteiger partial charge on any atom is 0.419 e. The van der Waals surface area contributed by atoms with Gasteiger partial charge in [-0.25, -0.2) is 13.2 Å². The lowest BCUT2D eigenvalue weighted by Gasteiger charge is -2.31. The zero-order chi connectivity index (χ0) is 22.7. The molecule has 2 heterocycles. The number of amides is 1. The Morgan fingerprint density at radius 1 is 1.12 bits per heavy atom. The van der Waals surface area contributed by atoms with E-state index in [0.29, 0.717) is 44.4 Å². The van der Waals surface area contributed by atoms with Crippen molar-refractivity contribution in [1.82, 2.24) is 8.87 Å². The lowest BCUT2D eigenvalue weighted by Crippen LogP contribution is -2.39. The molecular formula is C23H27N3O5S. The molecule has 0 bridgehead atoms. The molecule has 0 saturated carbocycles. The van der Waals surface area contributed by atoms with Crippen LogP contribution < -0.4 is 11.1 Å². The molecule has 170 valence electrons. The largest absolute Gasteiger partial charge is 0.419 e. The van der Waals surface area contributed by atoms with Crippen LogP contribution in [0.3, 0.4) is 0 Å². The second-order valence-corrected chi connectivity index (χ2v) is 10.1. The van der Waals surface area contributed by atoms with Gasteiger partial charge in [-0.2, -0.15) is 4.31 Å². The minimum Gasteiger partial charge on any atom is -0.408 e. The van der Waals surface area contributed by atoms with Crippen LogP contribution in [0, 0.1) is 5.92 Å². The zero-order valence-electron chi connectivity index (χ0n) is 18.0. The van der Waals surface area contributed by atoms with Crippen molar-refractivity contribution in [2.75, 3.05) is 18.4 Å². The molecule has 1 aromatic heterocycles. The summed E-state index contributed by atoms with van der Waals surface area (Å²) in [5, 5.41) is 2.88. The van der Waals surface area contributed by atoms with Gasteiger partial charge < -0.3 is 9.73 Å². The number of hydrogen-bond donors (Lipinski definition) is 1. The molecule has 4 rings (SSSR count). The van der Waals surface area contributed by atoms with Gasteiger partial charge in [0, 0.05) is 37.8 Å². The van der Waals surface area contributed by atoms with Crippen molar-refractivity contribution in [2.45, 2.75) is 44.0 Å². The van der Waals surface area contributed by atoms with Gasteiger partial charge >= 0.3 is 5.76 Å². The number of nitrogens with one attached hydrogen (secondary N) is 1. The predicted octanol–water partition coefficient (Wildman–Crippen LogP) is 3.43. The van der Waals surface area contributed by atoms with Gasteiger partial charge in [-0.15, -0.1) is 0 Å². The van der Waals surface area contributed by atoms with Gasteiger partial charge in [-0.3, -0.25) is 9.36 Å². The Kier molecular flexibility index (Phi) is 6.48. The van der Waals surface area contributed by atoms with E-state index in [4.69, 9.17) is 4.42 Å². The normalized spacial score (nSPS) is 15.8. The predicted molar refractivity (Wildman–Crippen MR) is 122 cm³/mol. The topological polar surface area (TPSA) is 102 Å². The Bertz CT molecular complexity index is 1260. The second-order valence-electron chi connectivity index (χ2n) is 8.11.